The van der Waals surface area contributed by atoms with E-state index in [1.807, 2.05) is 13.0 Å². The second-order valence-corrected chi connectivity index (χ2v) is 6.58. The molecule has 84 valence electrons. The molecule has 0 fully saturated rings. The third kappa shape index (κ3) is 2.43. The lowest BCUT2D eigenvalue weighted by Crippen LogP contribution is -1.89. The van der Waals surface area contributed by atoms with Crippen LogP contribution in [0.5, 0.6) is 0 Å². The number of thiophene rings is 1. The van der Waals surface area contributed by atoms with Crippen molar-refractivity contribution >= 4 is 66.4 Å². The Hall–Kier alpha value is 0.320. The van der Waals surface area contributed by atoms with Gasteiger partial charge in [-0.25, -0.2) is 9.97 Å². The SMILES string of the molecule is Cc1sc(-c2nc(Cl)c(Br)c(Cl)n2)cc1Br. The summed E-state index contributed by atoms with van der Waals surface area (Å²) in [4.78, 5) is 10.4. The van der Waals surface area contributed by atoms with Crippen molar-refractivity contribution in [1.29, 1.82) is 0 Å². The Morgan fingerprint density at radius 1 is 1.19 bits per heavy atom. The van der Waals surface area contributed by atoms with Crippen LogP contribution in [0.4, 0.5) is 0 Å². The van der Waals surface area contributed by atoms with Gasteiger partial charge in [-0.15, -0.1) is 11.3 Å². The highest BCUT2D eigenvalue weighted by Crippen LogP contribution is 2.35. The number of aryl methyl sites for hydroxylation is 1. The Bertz CT molecular complexity index is 514. The van der Waals surface area contributed by atoms with Gasteiger partial charge in [0.15, 0.2) is 5.82 Å². The van der Waals surface area contributed by atoms with Crippen molar-refractivity contribution in [3.63, 3.8) is 0 Å². The first-order valence-electron chi connectivity index (χ1n) is 4.14. The summed E-state index contributed by atoms with van der Waals surface area (Å²) in [5.74, 6) is 0.539. The Morgan fingerprint density at radius 2 is 1.75 bits per heavy atom. The van der Waals surface area contributed by atoms with E-state index in [9.17, 15) is 0 Å². The van der Waals surface area contributed by atoms with Crippen LogP contribution in [-0.2, 0) is 0 Å². The van der Waals surface area contributed by atoms with E-state index in [2.05, 4.69) is 41.8 Å². The van der Waals surface area contributed by atoms with E-state index >= 15 is 0 Å². The van der Waals surface area contributed by atoms with E-state index in [4.69, 9.17) is 23.2 Å². The summed E-state index contributed by atoms with van der Waals surface area (Å²) in [7, 11) is 0. The summed E-state index contributed by atoms with van der Waals surface area (Å²) in [5.41, 5.74) is 0. The minimum Gasteiger partial charge on any atom is -0.214 e. The van der Waals surface area contributed by atoms with Gasteiger partial charge < -0.3 is 0 Å². The molecule has 0 bridgehead atoms. The topological polar surface area (TPSA) is 25.8 Å². The summed E-state index contributed by atoms with van der Waals surface area (Å²) in [6.07, 6.45) is 0. The molecule has 0 aromatic carbocycles. The fourth-order valence-electron chi connectivity index (χ4n) is 1.07. The molecule has 2 rings (SSSR count). The van der Waals surface area contributed by atoms with E-state index in [0.717, 1.165) is 14.2 Å². The lowest BCUT2D eigenvalue weighted by molar-refractivity contribution is 1.17. The zero-order chi connectivity index (χ0) is 11.9. The van der Waals surface area contributed by atoms with Crippen LogP contribution in [0.2, 0.25) is 10.3 Å². The van der Waals surface area contributed by atoms with Crippen molar-refractivity contribution in [1.82, 2.24) is 9.97 Å². The summed E-state index contributed by atoms with van der Waals surface area (Å²) < 4.78 is 1.55. The van der Waals surface area contributed by atoms with Crippen LogP contribution in [-0.4, -0.2) is 9.97 Å². The van der Waals surface area contributed by atoms with Gasteiger partial charge in [-0.1, -0.05) is 23.2 Å². The van der Waals surface area contributed by atoms with Gasteiger partial charge in [0, 0.05) is 9.35 Å². The van der Waals surface area contributed by atoms with E-state index in [1.165, 1.54) is 0 Å². The number of hydrogen-bond donors (Lipinski definition) is 0. The van der Waals surface area contributed by atoms with Gasteiger partial charge in [-0.2, -0.15) is 0 Å². The lowest BCUT2D eigenvalue weighted by atomic mass is 10.4. The van der Waals surface area contributed by atoms with Gasteiger partial charge in [0.25, 0.3) is 0 Å². The second kappa shape index (κ2) is 4.90. The van der Waals surface area contributed by atoms with Crippen LogP contribution >= 0.6 is 66.4 Å². The largest absolute Gasteiger partial charge is 0.214 e. The monoisotopic (exact) mass is 400 g/mol. The summed E-state index contributed by atoms with van der Waals surface area (Å²) in [5, 5.41) is 0.634. The van der Waals surface area contributed by atoms with E-state index in [-0.39, 0.29) is 0 Å². The molecule has 0 aliphatic heterocycles. The molecule has 0 atom stereocenters. The molecule has 0 aliphatic carbocycles. The quantitative estimate of drug-likeness (QED) is 0.601. The van der Waals surface area contributed by atoms with Crippen LogP contribution in [0.1, 0.15) is 4.88 Å². The molecular weight excluding hydrogens is 399 g/mol. The predicted octanol–water partition coefficient (Wildman–Crippen LogP) is 5.35. The Morgan fingerprint density at radius 3 is 2.19 bits per heavy atom. The number of aromatic nitrogens is 2. The molecule has 0 unspecified atom stereocenters. The molecule has 0 aliphatic rings. The third-order valence-corrected chi connectivity index (χ3v) is 5.74. The zero-order valence-electron chi connectivity index (χ0n) is 7.89. The molecule has 0 saturated heterocycles. The third-order valence-electron chi connectivity index (χ3n) is 1.85. The molecular formula is C9H4Br2Cl2N2S. The normalized spacial score (nSPS) is 10.8. The Balaban J connectivity index is 2.56. The number of halogens is 4. The van der Waals surface area contributed by atoms with Crippen LogP contribution in [0.25, 0.3) is 10.7 Å². The number of rotatable bonds is 1. The molecule has 2 aromatic heterocycles. The average Bonchev–Trinajstić information content (AvgIpc) is 2.55. The van der Waals surface area contributed by atoms with Crippen LogP contribution in [0.3, 0.4) is 0 Å². The summed E-state index contributed by atoms with van der Waals surface area (Å²) in [6.45, 7) is 2.01. The van der Waals surface area contributed by atoms with E-state index in [1.54, 1.807) is 11.3 Å². The number of nitrogens with zero attached hydrogens (tertiary/aromatic N) is 2. The zero-order valence-corrected chi connectivity index (χ0v) is 13.4. The van der Waals surface area contributed by atoms with Gasteiger partial charge in [0.2, 0.25) is 0 Å². The van der Waals surface area contributed by atoms with Crippen LogP contribution in [0.15, 0.2) is 15.0 Å². The summed E-state index contributed by atoms with van der Waals surface area (Å²) in [6, 6.07) is 1.95. The van der Waals surface area contributed by atoms with Crippen molar-refractivity contribution in [2.45, 2.75) is 6.92 Å². The standard InChI is InChI=1S/C9H4Br2Cl2N2S/c1-3-4(10)2-5(16-3)9-14-7(12)6(11)8(13)15-9/h2H,1H3. The first-order chi connectivity index (χ1) is 7.49. The second-order valence-electron chi connectivity index (χ2n) is 2.96. The molecule has 0 spiro atoms. The highest BCUT2D eigenvalue weighted by Gasteiger charge is 2.13. The smallest absolute Gasteiger partial charge is 0.172 e. The first kappa shape index (κ1) is 12.8. The predicted molar refractivity (Wildman–Crippen MR) is 75.5 cm³/mol. The molecule has 16 heavy (non-hydrogen) atoms. The van der Waals surface area contributed by atoms with Crippen molar-refractivity contribution in [2.75, 3.05) is 0 Å². The van der Waals surface area contributed by atoms with E-state index in [0.29, 0.717) is 20.6 Å². The summed E-state index contributed by atoms with van der Waals surface area (Å²) >= 11 is 20.1. The van der Waals surface area contributed by atoms with E-state index < -0.39 is 0 Å². The molecule has 0 amide bonds. The maximum atomic E-state index is 5.93. The lowest BCUT2D eigenvalue weighted by Gasteiger charge is -2.00. The molecule has 0 saturated carbocycles. The van der Waals surface area contributed by atoms with Gasteiger partial charge >= 0.3 is 0 Å². The van der Waals surface area contributed by atoms with Gasteiger partial charge in [-0.05, 0) is 44.8 Å². The van der Waals surface area contributed by atoms with Crippen LogP contribution in [0, 0.1) is 6.92 Å². The van der Waals surface area contributed by atoms with Gasteiger partial charge in [0.05, 0.1) is 9.35 Å². The average molecular weight is 403 g/mol. The van der Waals surface area contributed by atoms with Crippen LogP contribution < -0.4 is 0 Å². The highest BCUT2D eigenvalue weighted by atomic mass is 79.9. The maximum absolute atomic E-state index is 5.93. The fraction of sp³-hybridized carbons (Fsp3) is 0.111. The molecule has 7 heteroatoms. The van der Waals surface area contributed by atoms with Crippen molar-refractivity contribution in [2.24, 2.45) is 0 Å². The van der Waals surface area contributed by atoms with Crippen molar-refractivity contribution in [3.8, 4) is 10.7 Å². The van der Waals surface area contributed by atoms with Crippen molar-refractivity contribution < 1.29 is 0 Å². The Labute approximate surface area is 123 Å². The molecule has 0 N–H and O–H groups in total. The molecule has 2 aromatic rings. The van der Waals surface area contributed by atoms with Gasteiger partial charge in [-0.3, -0.25) is 0 Å². The molecule has 2 nitrogen and oxygen atoms in total. The van der Waals surface area contributed by atoms with Crippen molar-refractivity contribution in [3.05, 3.63) is 30.2 Å². The minimum absolute atomic E-state index is 0.317. The van der Waals surface area contributed by atoms with Gasteiger partial charge in [0.1, 0.15) is 10.3 Å². The maximum Gasteiger partial charge on any atom is 0.172 e. The number of hydrogen-bond acceptors (Lipinski definition) is 3. The fourth-order valence-corrected chi connectivity index (χ4v) is 3.11. The molecule has 2 heterocycles. The highest BCUT2D eigenvalue weighted by molar-refractivity contribution is 9.11. The first-order valence-corrected chi connectivity index (χ1v) is 7.29. The Kier molecular flexibility index (Phi) is 3.91. The minimum atomic E-state index is 0.317. The molecule has 0 radical (unpaired) electrons.